The third kappa shape index (κ3) is 4.81. The highest BCUT2D eigenvalue weighted by Gasteiger charge is 2.33. The van der Waals surface area contributed by atoms with Crippen LogP contribution in [0.15, 0.2) is 48.5 Å². The summed E-state index contributed by atoms with van der Waals surface area (Å²) >= 11 is 0. The molecular weight excluding hydrogens is 409 g/mol. The molecule has 8 heteroatoms. The van der Waals surface area contributed by atoms with Gasteiger partial charge in [-0.25, -0.2) is 12.8 Å². The van der Waals surface area contributed by atoms with Gasteiger partial charge in [-0.15, -0.1) is 0 Å². The molecule has 0 unspecified atom stereocenters. The summed E-state index contributed by atoms with van der Waals surface area (Å²) in [4.78, 5) is 14.1. The van der Waals surface area contributed by atoms with E-state index in [1.165, 1.54) is 36.3 Å². The number of benzene rings is 2. The van der Waals surface area contributed by atoms with Gasteiger partial charge in [0, 0.05) is 24.7 Å². The SMILES string of the molecule is COc1ccc(/C=C/C(=O)N2CC[C@@H](c3ccccc3F)S(=O)(=O)CC2)cc1OC. The molecule has 0 saturated carbocycles. The second-order valence-electron chi connectivity index (χ2n) is 6.94. The molecule has 1 aliphatic heterocycles. The monoisotopic (exact) mass is 433 g/mol. The number of carbonyl (C=O) groups excluding carboxylic acids is 1. The lowest BCUT2D eigenvalue weighted by atomic mass is 10.1. The number of hydrogen-bond acceptors (Lipinski definition) is 5. The molecule has 0 radical (unpaired) electrons. The van der Waals surface area contributed by atoms with Gasteiger partial charge >= 0.3 is 0 Å². The van der Waals surface area contributed by atoms with Gasteiger partial charge in [-0.1, -0.05) is 24.3 Å². The summed E-state index contributed by atoms with van der Waals surface area (Å²) < 4.78 is 50.0. The number of ether oxygens (including phenoxy) is 2. The van der Waals surface area contributed by atoms with Crippen molar-refractivity contribution >= 4 is 21.8 Å². The van der Waals surface area contributed by atoms with Gasteiger partial charge in [0.05, 0.1) is 25.2 Å². The molecule has 3 rings (SSSR count). The summed E-state index contributed by atoms with van der Waals surface area (Å²) in [7, 11) is -0.506. The molecule has 1 saturated heterocycles. The summed E-state index contributed by atoms with van der Waals surface area (Å²) in [5.74, 6) is 0.0778. The van der Waals surface area contributed by atoms with Crippen molar-refractivity contribution in [3.8, 4) is 11.5 Å². The summed E-state index contributed by atoms with van der Waals surface area (Å²) in [6.45, 7) is 0.301. The molecular formula is C22H24FNO5S. The van der Waals surface area contributed by atoms with Crippen LogP contribution >= 0.6 is 0 Å². The van der Waals surface area contributed by atoms with E-state index in [-0.39, 0.29) is 36.7 Å². The minimum Gasteiger partial charge on any atom is -0.493 e. The maximum atomic E-state index is 14.2. The van der Waals surface area contributed by atoms with Crippen molar-refractivity contribution in [2.75, 3.05) is 33.1 Å². The Morgan fingerprint density at radius 3 is 2.53 bits per heavy atom. The molecule has 1 aliphatic rings. The first-order chi connectivity index (χ1) is 14.4. The van der Waals surface area contributed by atoms with E-state index in [1.807, 2.05) is 0 Å². The Hall–Kier alpha value is -2.87. The van der Waals surface area contributed by atoms with Gasteiger partial charge in [0.1, 0.15) is 5.82 Å². The molecule has 0 bridgehead atoms. The smallest absolute Gasteiger partial charge is 0.246 e. The Morgan fingerprint density at radius 2 is 1.83 bits per heavy atom. The van der Waals surface area contributed by atoms with E-state index in [1.54, 1.807) is 37.5 Å². The molecule has 0 spiro atoms. The van der Waals surface area contributed by atoms with Crippen molar-refractivity contribution in [1.29, 1.82) is 0 Å². The fourth-order valence-corrected chi connectivity index (χ4v) is 5.28. The molecule has 1 atom stereocenters. The van der Waals surface area contributed by atoms with Crippen molar-refractivity contribution < 1.29 is 27.1 Å². The third-order valence-corrected chi connectivity index (χ3v) is 7.24. The van der Waals surface area contributed by atoms with Crippen molar-refractivity contribution in [1.82, 2.24) is 4.90 Å². The van der Waals surface area contributed by atoms with Crippen LogP contribution in [0.4, 0.5) is 4.39 Å². The van der Waals surface area contributed by atoms with Crippen LogP contribution in [-0.2, 0) is 14.6 Å². The summed E-state index contributed by atoms with van der Waals surface area (Å²) in [6, 6.07) is 11.2. The molecule has 2 aromatic carbocycles. The number of carbonyl (C=O) groups is 1. The highest BCUT2D eigenvalue weighted by molar-refractivity contribution is 7.91. The zero-order chi connectivity index (χ0) is 21.7. The molecule has 1 amide bonds. The molecule has 0 aliphatic carbocycles. The number of rotatable bonds is 5. The maximum Gasteiger partial charge on any atom is 0.246 e. The summed E-state index contributed by atoms with van der Waals surface area (Å²) in [5.41, 5.74) is 0.903. The molecule has 0 N–H and O–H groups in total. The second-order valence-corrected chi connectivity index (χ2v) is 9.24. The predicted molar refractivity (Wildman–Crippen MR) is 113 cm³/mol. The van der Waals surface area contributed by atoms with Crippen LogP contribution in [0.2, 0.25) is 0 Å². The lowest BCUT2D eigenvalue weighted by molar-refractivity contribution is -0.125. The van der Waals surface area contributed by atoms with Crippen LogP contribution in [0.3, 0.4) is 0 Å². The lowest BCUT2D eigenvalue weighted by Crippen LogP contribution is -2.32. The Kier molecular flexibility index (Phi) is 6.77. The zero-order valence-corrected chi connectivity index (χ0v) is 17.7. The van der Waals surface area contributed by atoms with E-state index in [9.17, 15) is 17.6 Å². The van der Waals surface area contributed by atoms with Gasteiger partial charge in [0.25, 0.3) is 0 Å². The van der Waals surface area contributed by atoms with Crippen molar-refractivity contribution in [2.45, 2.75) is 11.7 Å². The first-order valence-electron chi connectivity index (χ1n) is 9.50. The average Bonchev–Trinajstić information content (AvgIpc) is 2.90. The highest BCUT2D eigenvalue weighted by atomic mass is 32.2. The number of methoxy groups -OCH3 is 2. The molecule has 1 fully saturated rings. The standard InChI is InChI=1S/C22H24FNO5S/c1-28-19-9-7-16(15-20(19)29-2)8-10-22(25)24-12-11-21(30(26,27)14-13-24)17-5-3-4-6-18(17)23/h3-10,15,21H,11-14H2,1-2H3/b10-8+/t21-/m0/s1. The van der Waals surface area contributed by atoms with Crippen LogP contribution in [0.5, 0.6) is 11.5 Å². The normalized spacial score (nSPS) is 18.8. The van der Waals surface area contributed by atoms with Crippen LogP contribution in [0.1, 0.15) is 22.8 Å². The van der Waals surface area contributed by atoms with Crippen LogP contribution in [0.25, 0.3) is 6.08 Å². The topological polar surface area (TPSA) is 72.9 Å². The summed E-state index contributed by atoms with van der Waals surface area (Å²) in [5, 5.41) is -0.952. The Morgan fingerprint density at radius 1 is 1.10 bits per heavy atom. The zero-order valence-electron chi connectivity index (χ0n) is 16.9. The first-order valence-corrected chi connectivity index (χ1v) is 11.2. The fraction of sp³-hybridized carbons (Fsp3) is 0.318. The molecule has 160 valence electrons. The highest BCUT2D eigenvalue weighted by Crippen LogP contribution is 2.31. The minimum atomic E-state index is -3.57. The van der Waals surface area contributed by atoms with Crippen LogP contribution in [0, 0.1) is 5.82 Å². The number of sulfone groups is 1. The van der Waals surface area contributed by atoms with Crippen molar-refractivity contribution in [3.05, 3.63) is 65.5 Å². The molecule has 30 heavy (non-hydrogen) atoms. The van der Waals surface area contributed by atoms with E-state index in [2.05, 4.69) is 0 Å². The first kappa shape index (κ1) is 21.8. The number of amides is 1. The van der Waals surface area contributed by atoms with Gasteiger partial charge in [0.2, 0.25) is 5.91 Å². The average molecular weight is 434 g/mol. The third-order valence-electron chi connectivity index (χ3n) is 5.13. The second kappa shape index (κ2) is 9.30. The number of nitrogens with zero attached hydrogens (tertiary/aromatic N) is 1. The van der Waals surface area contributed by atoms with Gasteiger partial charge < -0.3 is 14.4 Å². The Bertz CT molecular complexity index is 1050. The van der Waals surface area contributed by atoms with Gasteiger partial charge in [-0.2, -0.15) is 0 Å². The Balaban J connectivity index is 1.74. The number of hydrogen-bond donors (Lipinski definition) is 0. The van der Waals surface area contributed by atoms with E-state index < -0.39 is 20.9 Å². The molecule has 1 heterocycles. The fourth-order valence-electron chi connectivity index (χ4n) is 3.48. The molecule has 6 nitrogen and oxygen atoms in total. The van der Waals surface area contributed by atoms with Crippen LogP contribution < -0.4 is 9.47 Å². The lowest BCUT2D eigenvalue weighted by Gasteiger charge is -2.18. The van der Waals surface area contributed by atoms with E-state index in [0.717, 1.165) is 5.56 Å². The predicted octanol–water partition coefficient (Wildman–Crippen LogP) is 3.24. The summed E-state index contributed by atoms with van der Waals surface area (Å²) in [6.07, 6.45) is 3.19. The van der Waals surface area contributed by atoms with Crippen molar-refractivity contribution in [3.63, 3.8) is 0 Å². The minimum absolute atomic E-state index is 0.0718. The number of halogens is 1. The van der Waals surface area contributed by atoms with Gasteiger partial charge in [-0.05, 0) is 36.3 Å². The molecule has 0 aromatic heterocycles. The van der Waals surface area contributed by atoms with Gasteiger partial charge in [0.15, 0.2) is 21.3 Å². The van der Waals surface area contributed by atoms with Crippen molar-refractivity contribution in [2.24, 2.45) is 0 Å². The maximum absolute atomic E-state index is 14.2. The largest absolute Gasteiger partial charge is 0.493 e. The van der Waals surface area contributed by atoms with E-state index in [4.69, 9.17) is 9.47 Å². The molecule has 2 aromatic rings. The van der Waals surface area contributed by atoms with Gasteiger partial charge in [-0.3, -0.25) is 4.79 Å². The van der Waals surface area contributed by atoms with E-state index >= 15 is 0 Å². The van der Waals surface area contributed by atoms with E-state index in [0.29, 0.717) is 11.5 Å². The quantitative estimate of drug-likeness (QED) is 0.677. The van der Waals surface area contributed by atoms with Crippen LogP contribution in [-0.4, -0.2) is 52.3 Å². The Labute approximate surface area is 175 Å².